The van der Waals surface area contributed by atoms with Crippen LogP contribution in [0.4, 0.5) is 10.1 Å². The summed E-state index contributed by atoms with van der Waals surface area (Å²) < 4.78 is 40.9. The van der Waals surface area contributed by atoms with E-state index in [0.29, 0.717) is 0 Å². The number of nitrogens with zero attached hydrogens (tertiary/aromatic N) is 1. The van der Waals surface area contributed by atoms with Crippen LogP contribution >= 0.6 is 0 Å². The smallest absolute Gasteiger partial charge is 0.245 e. The van der Waals surface area contributed by atoms with Crippen LogP contribution in [-0.2, 0) is 10.0 Å². The van der Waals surface area contributed by atoms with Crippen LogP contribution in [0.3, 0.4) is 0 Å². The van der Waals surface area contributed by atoms with Gasteiger partial charge in [-0.05, 0) is 51.0 Å². The van der Waals surface area contributed by atoms with Crippen molar-refractivity contribution in [1.29, 1.82) is 0 Å². The molecule has 0 aromatic heterocycles. The number of nitrogen functional groups attached to an aromatic ring is 1. The second-order valence-corrected chi connectivity index (χ2v) is 7.05. The fourth-order valence-corrected chi connectivity index (χ4v) is 4.17. The van der Waals surface area contributed by atoms with E-state index < -0.39 is 20.7 Å². The van der Waals surface area contributed by atoms with Crippen LogP contribution in [0.5, 0.6) is 0 Å². The third kappa shape index (κ3) is 3.93. The van der Waals surface area contributed by atoms with E-state index in [1.54, 1.807) is 0 Å². The maximum absolute atomic E-state index is 13.8. The predicted octanol–water partition coefficient (Wildman–Crippen LogP) is 1.56. The number of benzene rings is 1. The number of nitrogens with two attached hydrogens (primary N) is 1. The van der Waals surface area contributed by atoms with Crippen molar-refractivity contribution in [2.24, 2.45) is 0 Å². The van der Waals surface area contributed by atoms with E-state index in [0.717, 1.165) is 45.0 Å². The molecule has 0 amide bonds. The molecule has 1 saturated heterocycles. The molecule has 118 valence electrons. The summed E-state index contributed by atoms with van der Waals surface area (Å²) in [5, 5.41) is 0. The molecule has 3 N–H and O–H groups in total. The van der Waals surface area contributed by atoms with E-state index in [4.69, 9.17) is 5.73 Å². The Morgan fingerprint density at radius 1 is 1.38 bits per heavy atom. The highest BCUT2D eigenvalue weighted by atomic mass is 32.2. The first-order chi connectivity index (χ1) is 9.94. The average molecular weight is 315 g/mol. The highest BCUT2D eigenvalue weighted by Crippen LogP contribution is 2.23. The van der Waals surface area contributed by atoms with Gasteiger partial charge in [-0.2, -0.15) is 0 Å². The normalized spacial score (nSPS) is 18.0. The number of halogens is 1. The molecule has 2 rings (SSSR count). The first-order valence-corrected chi connectivity index (χ1v) is 8.71. The van der Waals surface area contributed by atoms with Gasteiger partial charge in [0.2, 0.25) is 10.0 Å². The molecule has 0 atom stereocenters. The third-order valence-corrected chi connectivity index (χ3v) is 5.33. The van der Waals surface area contributed by atoms with E-state index in [-0.39, 0.29) is 11.7 Å². The van der Waals surface area contributed by atoms with Crippen molar-refractivity contribution in [3.8, 4) is 0 Å². The van der Waals surface area contributed by atoms with Crippen molar-refractivity contribution in [3.63, 3.8) is 0 Å². The number of rotatable bonds is 5. The summed E-state index contributed by atoms with van der Waals surface area (Å²) in [6.07, 6.45) is 2.54. The molecular formula is C14H22FN3O2S. The largest absolute Gasteiger partial charge is 0.398 e. The van der Waals surface area contributed by atoms with Crippen molar-refractivity contribution >= 4 is 15.7 Å². The zero-order valence-corrected chi connectivity index (χ0v) is 13.0. The number of hydrogen-bond donors (Lipinski definition) is 2. The molecule has 1 aliphatic heterocycles. The Hall–Kier alpha value is -1.18. The summed E-state index contributed by atoms with van der Waals surface area (Å²) in [5.41, 5.74) is 5.54. The van der Waals surface area contributed by atoms with E-state index >= 15 is 0 Å². The first-order valence-electron chi connectivity index (χ1n) is 7.22. The summed E-state index contributed by atoms with van der Waals surface area (Å²) in [6.45, 7) is 4.86. The van der Waals surface area contributed by atoms with Gasteiger partial charge in [0.25, 0.3) is 0 Å². The van der Waals surface area contributed by atoms with E-state index in [1.807, 2.05) is 0 Å². The number of sulfonamides is 1. The number of anilines is 1. The Kier molecular flexibility index (Phi) is 5.18. The topological polar surface area (TPSA) is 75.4 Å². The molecule has 1 fully saturated rings. The molecule has 1 aliphatic rings. The minimum Gasteiger partial charge on any atom is -0.398 e. The van der Waals surface area contributed by atoms with Crippen molar-refractivity contribution in [2.75, 3.05) is 25.4 Å². The summed E-state index contributed by atoms with van der Waals surface area (Å²) in [7, 11) is -3.92. The molecule has 0 unspecified atom stereocenters. The third-order valence-electron chi connectivity index (χ3n) is 3.72. The molecule has 1 aromatic carbocycles. The lowest BCUT2D eigenvalue weighted by atomic mass is 10.1. The lowest BCUT2D eigenvalue weighted by molar-refractivity contribution is 0.208. The molecule has 0 bridgehead atoms. The minimum absolute atomic E-state index is 0.0640. The van der Waals surface area contributed by atoms with Crippen LogP contribution in [0, 0.1) is 5.82 Å². The zero-order chi connectivity index (χ0) is 15.5. The van der Waals surface area contributed by atoms with Gasteiger partial charge in [-0.25, -0.2) is 17.5 Å². The van der Waals surface area contributed by atoms with Gasteiger partial charge in [-0.1, -0.05) is 13.0 Å². The Bertz CT molecular complexity index is 564. The van der Waals surface area contributed by atoms with Gasteiger partial charge in [-0.3, -0.25) is 0 Å². The summed E-state index contributed by atoms with van der Waals surface area (Å²) in [5.74, 6) is -0.814. The number of hydrogen-bond acceptors (Lipinski definition) is 4. The van der Waals surface area contributed by atoms with Gasteiger partial charge in [-0.15, -0.1) is 0 Å². The molecule has 1 heterocycles. The predicted molar refractivity (Wildman–Crippen MR) is 80.9 cm³/mol. The Morgan fingerprint density at radius 2 is 2.05 bits per heavy atom. The maximum Gasteiger partial charge on any atom is 0.245 e. The number of piperidine rings is 1. The van der Waals surface area contributed by atoms with Crippen molar-refractivity contribution < 1.29 is 12.8 Å². The highest BCUT2D eigenvalue weighted by molar-refractivity contribution is 7.89. The standard InChI is InChI=1S/C14H22FN3O2S/c1-2-8-18-9-6-11(7-10-18)17-21(19,20)14-12(15)4-3-5-13(14)16/h3-5,11,17H,2,6-10,16H2,1H3. The Morgan fingerprint density at radius 3 is 2.62 bits per heavy atom. The van der Waals surface area contributed by atoms with Gasteiger partial charge >= 0.3 is 0 Å². The lowest BCUT2D eigenvalue weighted by Gasteiger charge is -2.31. The molecule has 0 radical (unpaired) electrons. The molecule has 21 heavy (non-hydrogen) atoms. The summed E-state index contributed by atoms with van der Waals surface area (Å²) in [6, 6.07) is 3.73. The molecular weight excluding hydrogens is 293 g/mol. The average Bonchev–Trinajstić information content (AvgIpc) is 2.40. The lowest BCUT2D eigenvalue weighted by Crippen LogP contribution is -2.44. The number of likely N-dealkylation sites (tertiary alicyclic amines) is 1. The van der Waals surface area contributed by atoms with E-state index in [1.165, 1.54) is 12.1 Å². The molecule has 7 heteroatoms. The van der Waals surface area contributed by atoms with Crippen LogP contribution in [0.1, 0.15) is 26.2 Å². The molecule has 0 saturated carbocycles. The quantitative estimate of drug-likeness (QED) is 0.809. The first kappa shape index (κ1) is 16.2. The fourth-order valence-electron chi connectivity index (χ4n) is 2.68. The van der Waals surface area contributed by atoms with Crippen LogP contribution in [0.2, 0.25) is 0 Å². The van der Waals surface area contributed by atoms with Crippen LogP contribution in [-0.4, -0.2) is 39.0 Å². The molecule has 1 aromatic rings. The van der Waals surface area contributed by atoms with Gasteiger partial charge in [0.1, 0.15) is 10.7 Å². The second-order valence-electron chi connectivity index (χ2n) is 5.40. The monoisotopic (exact) mass is 315 g/mol. The molecule has 5 nitrogen and oxygen atoms in total. The molecule has 0 spiro atoms. The van der Waals surface area contributed by atoms with Crippen molar-refractivity contribution in [2.45, 2.75) is 37.1 Å². The van der Waals surface area contributed by atoms with Gasteiger partial charge < -0.3 is 10.6 Å². The highest BCUT2D eigenvalue weighted by Gasteiger charge is 2.27. The zero-order valence-electron chi connectivity index (χ0n) is 12.2. The Labute approximate surface area is 125 Å². The summed E-state index contributed by atoms with van der Waals surface area (Å²) >= 11 is 0. The van der Waals surface area contributed by atoms with Crippen molar-refractivity contribution in [3.05, 3.63) is 24.0 Å². The second kappa shape index (κ2) is 6.72. The van der Waals surface area contributed by atoms with Crippen molar-refractivity contribution in [1.82, 2.24) is 9.62 Å². The van der Waals surface area contributed by atoms with Gasteiger partial charge in [0.05, 0.1) is 5.69 Å². The maximum atomic E-state index is 13.8. The minimum atomic E-state index is -3.92. The van der Waals surface area contributed by atoms with Gasteiger partial charge in [0.15, 0.2) is 0 Å². The fraction of sp³-hybridized carbons (Fsp3) is 0.571. The number of nitrogens with one attached hydrogen (secondary N) is 1. The van der Waals surface area contributed by atoms with E-state index in [2.05, 4.69) is 16.5 Å². The Balaban J connectivity index is 2.06. The van der Waals surface area contributed by atoms with E-state index in [9.17, 15) is 12.8 Å². The van der Waals surface area contributed by atoms with Crippen LogP contribution in [0.25, 0.3) is 0 Å². The van der Waals surface area contributed by atoms with Crippen LogP contribution in [0.15, 0.2) is 23.1 Å². The van der Waals surface area contributed by atoms with Gasteiger partial charge in [0, 0.05) is 6.04 Å². The molecule has 0 aliphatic carbocycles. The SMILES string of the molecule is CCCN1CCC(NS(=O)(=O)c2c(N)cccc2F)CC1. The summed E-state index contributed by atoms with van der Waals surface area (Å²) in [4.78, 5) is 1.86. The van der Waals surface area contributed by atoms with Crippen LogP contribution < -0.4 is 10.5 Å².